The van der Waals surface area contributed by atoms with E-state index in [2.05, 4.69) is 5.32 Å². The Morgan fingerprint density at radius 3 is 2.56 bits per heavy atom. The van der Waals surface area contributed by atoms with E-state index in [9.17, 15) is 0 Å². The van der Waals surface area contributed by atoms with Gasteiger partial charge in [-0.3, -0.25) is 0 Å². The van der Waals surface area contributed by atoms with Gasteiger partial charge in [0.25, 0.3) is 0 Å². The highest BCUT2D eigenvalue weighted by atomic mass is 32.2. The topological polar surface area (TPSA) is 41.5 Å². The van der Waals surface area contributed by atoms with E-state index >= 15 is 0 Å². The van der Waals surface area contributed by atoms with Crippen molar-refractivity contribution in [2.24, 2.45) is 0 Å². The van der Waals surface area contributed by atoms with E-state index in [1.54, 1.807) is 18.9 Å². The number of aliphatic hydroxyl groups excluding tert-OH is 1. The van der Waals surface area contributed by atoms with E-state index < -0.39 is 0 Å². The minimum Gasteiger partial charge on any atom is -0.497 e. The van der Waals surface area contributed by atoms with Crippen LogP contribution in [-0.4, -0.2) is 12.2 Å². The van der Waals surface area contributed by atoms with Crippen LogP contribution in [0.2, 0.25) is 0 Å². The molecule has 1 heterocycles. The molecule has 1 aliphatic rings. The normalized spacial score (nSPS) is 12.3. The molecule has 0 fully saturated rings. The number of aliphatic hydroxyl groups is 1. The van der Waals surface area contributed by atoms with E-state index in [0.717, 1.165) is 32.5 Å². The second-order valence-corrected chi connectivity index (χ2v) is 5.16. The van der Waals surface area contributed by atoms with Gasteiger partial charge in [-0.25, -0.2) is 0 Å². The summed E-state index contributed by atoms with van der Waals surface area (Å²) in [6, 6.07) is 11.9. The molecule has 2 aromatic rings. The highest BCUT2D eigenvalue weighted by Crippen LogP contribution is 2.45. The van der Waals surface area contributed by atoms with Gasteiger partial charge in [-0.1, -0.05) is 17.8 Å². The van der Waals surface area contributed by atoms with Crippen molar-refractivity contribution >= 4 is 23.1 Å². The molecule has 0 radical (unpaired) electrons. The zero-order valence-corrected chi connectivity index (χ0v) is 10.8. The molecule has 92 valence electrons. The molecular formula is C14H13NO2S. The van der Waals surface area contributed by atoms with E-state index in [4.69, 9.17) is 9.84 Å². The van der Waals surface area contributed by atoms with Gasteiger partial charge >= 0.3 is 0 Å². The maximum atomic E-state index is 9.17. The fourth-order valence-electron chi connectivity index (χ4n) is 1.93. The van der Waals surface area contributed by atoms with E-state index in [1.807, 2.05) is 36.4 Å². The largest absolute Gasteiger partial charge is 0.497 e. The molecular weight excluding hydrogens is 246 g/mol. The Morgan fingerprint density at radius 1 is 1.11 bits per heavy atom. The summed E-state index contributed by atoms with van der Waals surface area (Å²) in [5.74, 6) is 0.852. The van der Waals surface area contributed by atoms with Crippen LogP contribution in [0.15, 0.2) is 46.2 Å². The monoisotopic (exact) mass is 259 g/mol. The van der Waals surface area contributed by atoms with E-state index in [-0.39, 0.29) is 6.61 Å². The van der Waals surface area contributed by atoms with Gasteiger partial charge in [-0.15, -0.1) is 0 Å². The van der Waals surface area contributed by atoms with Gasteiger partial charge in [-0.05, 0) is 35.9 Å². The van der Waals surface area contributed by atoms with Crippen LogP contribution >= 0.6 is 11.8 Å². The summed E-state index contributed by atoms with van der Waals surface area (Å²) in [5.41, 5.74) is 3.09. The maximum absolute atomic E-state index is 9.17. The number of anilines is 2. The van der Waals surface area contributed by atoms with Crippen LogP contribution in [0.25, 0.3) is 0 Å². The molecule has 0 spiro atoms. The highest BCUT2D eigenvalue weighted by molar-refractivity contribution is 7.99. The summed E-state index contributed by atoms with van der Waals surface area (Å²) in [5, 5.41) is 12.6. The first-order chi connectivity index (χ1) is 8.80. The number of fused-ring (bicyclic) bond motifs is 2. The van der Waals surface area contributed by atoms with Crippen LogP contribution in [-0.2, 0) is 6.61 Å². The molecule has 1 aliphatic heterocycles. The summed E-state index contributed by atoms with van der Waals surface area (Å²) < 4.78 is 5.23. The van der Waals surface area contributed by atoms with Gasteiger partial charge in [0.1, 0.15) is 5.75 Å². The van der Waals surface area contributed by atoms with Crippen molar-refractivity contribution < 1.29 is 9.84 Å². The smallest absolute Gasteiger partial charge is 0.120 e. The molecule has 3 nitrogen and oxygen atoms in total. The zero-order valence-electron chi connectivity index (χ0n) is 9.93. The van der Waals surface area contributed by atoms with Crippen molar-refractivity contribution in [3.05, 3.63) is 42.0 Å². The molecule has 0 aromatic heterocycles. The maximum Gasteiger partial charge on any atom is 0.120 e. The molecule has 3 rings (SSSR count). The number of hydrogen-bond donors (Lipinski definition) is 2. The molecule has 0 bridgehead atoms. The molecule has 0 unspecified atom stereocenters. The fraction of sp³-hybridized carbons (Fsp3) is 0.143. The minimum atomic E-state index is 0.0683. The Labute approximate surface area is 110 Å². The molecule has 2 aromatic carbocycles. The summed E-state index contributed by atoms with van der Waals surface area (Å²) in [6.45, 7) is 0.0683. The van der Waals surface area contributed by atoms with Gasteiger partial charge in [0, 0.05) is 9.79 Å². The molecule has 0 saturated carbocycles. The van der Waals surface area contributed by atoms with Crippen LogP contribution < -0.4 is 10.1 Å². The molecule has 0 amide bonds. The molecule has 18 heavy (non-hydrogen) atoms. The van der Waals surface area contributed by atoms with Crippen molar-refractivity contribution in [3.8, 4) is 5.75 Å². The molecule has 2 N–H and O–H groups in total. The van der Waals surface area contributed by atoms with Gasteiger partial charge in [0.05, 0.1) is 25.1 Å². The molecule has 0 aliphatic carbocycles. The summed E-state index contributed by atoms with van der Waals surface area (Å²) in [7, 11) is 1.67. The number of rotatable bonds is 2. The first-order valence-electron chi connectivity index (χ1n) is 5.67. The number of hydrogen-bond acceptors (Lipinski definition) is 4. The van der Waals surface area contributed by atoms with Crippen LogP contribution in [0, 0.1) is 0 Å². The molecule has 0 saturated heterocycles. The zero-order chi connectivity index (χ0) is 12.5. The number of methoxy groups -OCH3 is 1. The van der Waals surface area contributed by atoms with Crippen molar-refractivity contribution in [3.63, 3.8) is 0 Å². The van der Waals surface area contributed by atoms with Crippen molar-refractivity contribution in [2.45, 2.75) is 16.4 Å². The molecule has 0 atom stereocenters. The standard InChI is InChI=1S/C14H13NO2S/c1-17-10-3-5-12-14(7-10)18-13-6-9(8-16)2-4-11(13)15-12/h2-7,15-16H,8H2,1H3. The lowest BCUT2D eigenvalue weighted by molar-refractivity contribution is 0.281. The van der Waals surface area contributed by atoms with Gasteiger partial charge in [-0.2, -0.15) is 0 Å². The first kappa shape index (κ1) is 11.4. The predicted octanol–water partition coefficient (Wildman–Crippen LogP) is 3.40. The fourth-order valence-corrected chi connectivity index (χ4v) is 3.01. The van der Waals surface area contributed by atoms with E-state index in [1.165, 1.54) is 0 Å². The van der Waals surface area contributed by atoms with Crippen LogP contribution in [0.1, 0.15) is 5.56 Å². The summed E-state index contributed by atoms with van der Waals surface area (Å²) in [4.78, 5) is 2.26. The van der Waals surface area contributed by atoms with Crippen LogP contribution in [0.5, 0.6) is 5.75 Å². The van der Waals surface area contributed by atoms with Crippen LogP contribution in [0.3, 0.4) is 0 Å². The summed E-state index contributed by atoms with van der Waals surface area (Å²) in [6.07, 6.45) is 0. The second-order valence-electron chi connectivity index (χ2n) is 4.08. The summed E-state index contributed by atoms with van der Waals surface area (Å²) >= 11 is 1.69. The van der Waals surface area contributed by atoms with Crippen molar-refractivity contribution in [2.75, 3.05) is 12.4 Å². The van der Waals surface area contributed by atoms with Crippen LogP contribution in [0.4, 0.5) is 11.4 Å². The Hall–Kier alpha value is -1.65. The lowest BCUT2D eigenvalue weighted by Gasteiger charge is -2.21. The second kappa shape index (κ2) is 4.55. The van der Waals surface area contributed by atoms with Crippen molar-refractivity contribution in [1.82, 2.24) is 0 Å². The molecule has 4 heteroatoms. The van der Waals surface area contributed by atoms with E-state index in [0.29, 0.717) is 0 Å². The predicted molar refractivity (Wildman–Crippen MR) is 72.8 cm³/mol. The SMILES string of the molecule is COc1ccc2c(c1)Sc1cc(CO)ccc1N2. The van der Waals surface area contributed by atoms with Gasteiger partial charge in [0.2, 0.25) is 0 Å². The Balaban J connectivity index is 2.01. The number of benzene rings is 2. The average molecular weight is 259 g/mol. The Bertz CT molecular complexity index is 547. The lowest BCUT2D eigenvalue weighted by Crippen LogP contribution is -2.00. The first-order valence-corrected chi connectivity index (χ1v) is 6.48. The third kappa shape index (κ3) is 1.94. The number of nitrogens with one attached hydrogen (secondary N) is 1. The Kier molecular flexibility index (Phi) is 2.89. The minimum absolute atomic E-state index is 0.0683. The highest BCUT2D eigenvalue weighted by Gasteiger charge is 2.16. The Morgan fingerprint density at radius 2 is 1.83 bits per heavy atom. The van der Waals surface area contributed by atoms with Gasteiger partial charge in [0.15, 0.2) is 0 Å². The third-order valence-corrected chi connectivity index (χ3v) is 4.02. The number of ether oxygens (including phenoxy) is 1. The van der Waals surface area contributed by atoms with Crippen molar-refractivity contribution in [1.29, 1.82) is 0 Å². The quantitative estimate of drug-likeness (QED) is 0.740. The van der Waals surface area contributed by atoms with Gasteiger partial charge < -0.3 is 15.2 Å². The third-order valence-electron chi connectivity index (χ3n) is 2.91. The lowest BCUT2D eigenvalue weighted by atomic mass is 10.2. The average Bonchev–Trinajstić information content (AvgIpc) is 2.43.